The minimum Gasteiger partial charge on any atom is -0.488 e. The number of hydrogen-bond donors (Lipinski definition) is 0. The van der Waals surface area contributed by atoms with Crippen LogP contribution in [0.3, 0.4) is 0 Å². The van der Waals surface area contributed by atoms with Crippen LogP contribution < -0.4 is 4.74 Å². The summed E-state index contributed by atoms with van der Waals surface area (Å²) >= 11 is 6.67. The number of halogens is 1. The van der Waals surface area contributed by atoms with Gasteiger partial charge in [0.2, 0.25) is 0 Å². The van der Waals surface area contributed by atoms with Crippen LogP contribution >= 0.6 is 11.6 Å². The van der Waals surface area contributed by atoms with Crippen molar-refractivity contribution in [3.63, 3.8) is 0 Å². The Morgan fingerprint density at radius 1 is 0.679 bits per heavy atom. The normalized spacial score (nSPS) is 21.8. The van der Waals surface area contributed by atoms with Crippen molar-refractivity contribution in [2.45, 2.75) is 43.9 Å². The molecule has 0 bridgehead atoms. The Morgan fingerprint density at radius 3 is 1.82 bits per heavy atom. The molecule has 10 nitrogen and oxygen atoms in total. The van der Waals surface area contributed by atoms with Crippen molar-refractivity contribution in [1.29, 1.82) is 0 Å². The molecule has 7 rings (SSSR count). The Bertz CT molecular complexity index is 2140. The van der Waals surface area contributed by atoms with E-state index >= 15 is 0 Å². The average molecular weight is 775 g/mol. The molecule has 0 aliphatic carbocycles. The monoisotopic (exact) mass is 774 g/mol. The van der Waals surface area contributed by atoms with E-state index < -0.39 is 48.2 Å². The molecule has 2 heterocycles. The average Bonchev–Trinajstić information content (AvgIpc) is 3.76. The summed E-state index contributed by atoms with van der Waals surface area (Å²) in [5.74, 6) is -2.30. The van der Waals surface area contributed by atoms with Crippen molar-refractivity contribution < 1.29 is 47.6 Å². The molecule has 2 fully saturated rings. The van der Waals surface area contributed by atoms with Crippen LogP contribution in [0.15, 0.2) is 133 Å². The number of ketones is 1. The SMILES string of the molecule is C[C@H]1[C@H](OC(=O)c2ccccc2)[C@@H](OC(=O)c2ccccc2)[C@H](c2ccc(Cl)c(C(=O)c3ccc(O[C@H]4CCOC4)cc3)c2)O[C@@H]1COC(=O)c1ccccc1. The van der Waals surface area contributed by atoms with Crippen LogP contribution in [0.5, 0.6) is 5.75 Å². The topological polar surface area (TPSA) is 124 Å². The van der Waals surface area contributed by atoms with E-state index in [9.17, 15) is 19.2 Å². The molecule has 0 spiro atoms. The maximum Gasteiger partial charge on any atom is 0.338 e. The quantitative estimate of drug-likeness (QED) is 0.0698. The third-order valence-electron chi connectivity index (χ3n) is 9.81. The third kappa shape index (κ3) is 9.00. The van der Waals surface area contributed by atoms with E-state index in [-0.39, 0.29) is 40.2 Å². The zero-order valence-electron chi connectivity index (χ0n) is 30.5. The molecule has 56 heavy (non-hydrogen) atoms. The number of hydrogen-bond acceptors (Lipinski definition) is 10. The predicted molar refractivity (Wildman–Crippen MR) is 206 cm³/mol. The number of esters is 3. The fourth-order valence-electron chi connectivity index (χ4n) is 6.71. The molecule has 286 valence electrons. The Kier molecular flexibility index (Phi) is 12.2. The first-order valence-electron chi connectivity index (χ1n) is 18.3. The second kappa shape index (κ2) is 17.8. The van der Waals surface area contributed by atoms with Gasteiger partial charge in [0.05, 0.1) is 41.0 Å². The van der Waals surface area contributed by atoms with Gasteiger partial charge in [-0.2, -0.15) is 0 Å². The molecule has 11 heteroatoms. The zero-order chi connectivity index (χ0) is 39.0. The van der Waals surface area contributed by atoms with Gasteiger partial charge in [0.1, 0.15) is 30.7 Å². The predicted octanol–water partition coefficient (Wildman–Crippen LogP) is 8.12. The van der Waals surface area contributed by atoms with Crippen molar-refractivity contribution in [1.82, 2.24) is 0 Å². The van der Waals surface area contributed by atoms with Crippen LogP contribution in [-0.4, -0.2) is 67.9 Å². The van der Waals surface area contributed by atoms with Crippen molar-refractivity contribution >= 4 is 35.3 Å². The molecule has 0 aromatic heterocycles. The molecule has 5 aromatic rings. The van der Waals surface area contributed by atoms with Gasteiger partial charge in [-0.05, 0) is 78.4 Å². The highest BCUT2D eigenvalue weighted by atomic mass is 35.5. The smallest absolute Gasteiger partial charge is 0.338 e. The number of carbonyl (C=O) groups is 4. The fraction of sp³-hybridized carbons (Fsp3) is 0.244. The van der Waals surface area contributed by atoms with E-state index in [2.05, 4.69) is 0 Å². The highest BCUT2D eigenvalue weighted by Gasteiger charge is 2.49. The highest BCUT2D eigenvalue weighted by molar-refractivity contribution is 6.35. The third-order valence-corrected chi connectivity index (χ3v) is 10.1. The van der Waals surface area contributed by atoms with Gasteiger partial charge in [-0.3, -0.25) is 4.79 Å². The van der Waals surface area contributed by atoms with Gasteiger partial charge in [-0.15, -0.1) is 0 Å². The van der Waals surface area contributed by atoms with Crippen molar-refractivity contribution in [3.05, 3.63) is 172 Å². The number of benzene rings is 5. The van der Waals surface area contributed by atoms with E-state index in [1.807, 2.05) is 0 Å². The fourth-order valence-corrected chi connectivity index (χ4v) is 6.92. The summed E-state index contributed by atoms with van der Waals surface area (Å²) in [7, 11) is 0. The summed E-state index contributed by atoms with van der Waals surface area (Å²) in [5, 5.41) is 0.185. The maximum atomic E-state index is 14.0. The standard InChI is InChI=1S/C45H39ClO10/c1-28-38(27-52-43(48)30-11-5-2-6-12-30)54-41(42(56-45(50)32-15-9-4-10-16-32)40(28)55-44(49)31-13-7-3-8-14-31)33-19-22-37(46)36(25-33)39(47)29-17-20-34(21-18-29)53-35-23-24-51-26-35/h2-22,25,28,35,38,40-42H,23-24,26-27H2,1H3/t28-,35+,38-,40+,41+,42-/m1/s1. The number of carbonyl (C=O) groups excluding carboxylic acids is 4. The first-order valence-corrected chi connectivity index (χ1v) is 18.7. The molecule has 0 amide bonds. The molecular weight excluding hydrogens is 736 g/mol. The first-order chi connectivity index (χ1) is 27.2. The van der Waals surface area contributed by atoms with Gasteiger partial charge in [-0.1, -0.05) is 79.2 Å². The first kappa shape index (κ1) is 38.5. The zero-order valence-corrected chi connectivity index (χ0v) is 31.2. The highest BCUT2D eigenvalue weighted by Crippen LogP contribution is 2.41. The molecule has 0 N–H and O–H groups in total. The summed E-state index contributed by atoms with van der Waals surface area (Å²) in [4.78, 5) is 54.4. The minimum absolute atomic E-state index is 0.0497. The molecule has 2 aliphatic heterocycles. The molecule has 0 unspecified atom stereocenters. The maximum absolute atomic E-state index is 14.0. The van der Waals surface area contributed by atoms with E-state index in [4.69, 9.17) is 40.0 Å². The van der Waals surface area contributed by atoms with Crippen LogP contribution in [0.2, 0.25) is 5.02 Å². The lowest BCUT2D eigenvalue weighted by molar-refractivity contribution is -0.208. The van der Waals surface area contributed by atoms with Crippen LogP contribution in [0, 0.1) is 5.92 Å². The largest absolute Gasteiger partial charge is 0.488 e. The number of ether oxygens (including phenoxy) is 6. The van der Waals surface area contributed by atoms with Gasteiger partial charge in [0.15, 0.2) is 11.9 Å². The molecule has 0 radical (unpaired) electrons. The second-order valence-corrected chi connectivity index (χ2v) is 14.0. The van der Waals surface area contributed by atoms with E-state index in [1.165, 1.54) is 0 Å². The summed E-state index contributed by atoms with van der Waals surface area (Å²) in [5.41, 5.74) is 1.85. The Hall–Kier alpha value is -5.81. The van der Waals surface area contributed by atoms with E-state index in [0.717, 1.165) is 6.42 Å². The molecule has 2 saturated heterocycles. The van der Waals surface area contributed by atoms with Gasteiger partial charge in [-0.25, -0.2) is 14.4 Å². The lowest BCUT2D eigenvalue weighted by Crippen LogP contribution is -2.54. The Labute approximate surface area is 329 Å². The Balaban J connectivity index is 1.23. The summed E-state index contributed by atoms with van der Waals surface area (Å²) in [6.45, 7) is 2.70. The van der Waals surface area contributed by atoms with E-state index in [1.54, 1.807) is 140 Å². The minimum atomic E-state index is -1.22. The van der Waals surface area contributed by atoms with Crippen molar-refractivity contribution in [3.8, 4) is 5.75 Å². The molecule has 6 atom stereocenters. The van der Waals surface area contributed by atoms with Crippen molar-refractivity contribution in [2.75, 3.05) is 19.8 Å². The van der Waals surface area contributed by atoms with Crippen molar-refractivity contribution in [2.24, 2.45) is 5.92 Å². The van der Waals surface area contributed by atoms with Gasteiger partial charge >= 0.3 is 17.9 Å². The lowest BCUT2D eigenvalue weighted by Gasteiger charge is -2.44. The van der Waals surface area contributed by atoms with Gasteiger partial charge in [0, 0.05) is 23.5 Å². The summed E-state index contributed by atoms with van der Waals surface area (Å²) in [6, 6.07) is 36.9. The van der Waals surface area contributed by atoms with E-state index in [0.29, 0.717) is 35.7 Å². The van der Waals surface area contributed by atoms with Crippen LogP contribution in [0.4, 0.5) is 0 Å². The molecular formula is C45H39ClO10. The van der Waals surface area contributed by atoms with Crippen LogP contribution in [-0.2, 0) is 23.7 Å². The summed E-state index contributed by atoms with van der Waals surface area (Å²) < 4.78 is 36.2. The number of rotatable bonds is 12. The lowest BCUT2D eigenvalue weighted by atomic mass is 9.84. The molecule has 2 aliphatic rings. The summed E-state index contributed by atoms with van der Waals surface area (Å²) in [6.07, 6.45) is -3.53. The van der Waals surface area contributed by atoms with Crippen LogP contribution in [0.1, 0.15) is 72.0 Å². The molecule has 0 saturated carbocycles. The Morgan fingerprint density at radius 2 is 1.25 bits per heavy atom. The second-order valence-electron chi connectivity index (χ2n) is 13.6. The molecule has 5 aromatic carbocycles. The van der Waals surface area contributed by atoms with Crippen LogP contribution in [0.25, 0.3) is 0 Å². The van der Waals surface area contributed by atoms with Gasteiger partial charge < -0.3 is 28.4 Å². The van der Waals surface area contributed by atoms with Gasteiger partial charge in [0.25, 0.3) is 0 Å².